The number of nitrogens with zero attached hydrogens (tertiary/aromatic N) is 4. The van der Waals surface area contributed by atoms with Gasteiger partial charge in [0.1, 0.15) is 11.1 Å². The molecule has 1 aliphatic rings. The van der Waals surface area contributed by atoms with Crippen molar-refractivity contribution in [2.75, 3.05) is 38.7 Å². The smallest absolute Gasteiger partial charge is 0.225 e. The molecule has 1 atom stereocenters. The Hall–Kier alpha value is -2.10. The highest BCUT2D eigenvalue weighted by Crippen LogP contribution is 2.27. The van der Waals surface area contributed by atoms with Crippen LogP contribution in [0.4, 0.5) is 10.8 Å². The van der Waals surface area contributed by atoms with E-state index in [0.29, 0.717) is 32.7 Å². The number of methoxy groups -OCH3 is 1. The number of aromatic nitrogens is 3. The van der Waals surface area contributed by atoms with Crippen LogP contribution in [0.1, 0.15) is 35.8 Å². The van der Waals surface area contributed by atoms with E-state index in [4.69, 9.17) is 9.47 Å². The van der Waals surface area contributed by atoms with Crippen molar-refractivity contribution in [1.29, 1.82) is 0 Å². The lowest BCUT2D eigenvalue weighted by Crippen LogP contribution is -2.42. The second-order valence-electron chi connectivity index (χ2n) is 6.34. The lowest BCUT2D eigenvalue weighted by Gasteiger charge is -2.33. The molecular formula is C18H25N5O3S. The molecule has 0 radical (unpaired) electrons. The van der Waals surface area contributed by atoms with Gasteiger partial charge in [-0.05, 0) is 25.5 Å². The molecule has 3 heterocycles. The summed E-state index contributed by atoms with van der Waals surface area (Å²) in [4.78, 5) is 18.7. The van der Waals surface area contributed by atoms with Gasteiger partial charge in [-0.25, -0.2) is 0 Å². The van der Waals surface area contributed by atoms with Gasteiger partial charge in [0, 0.05) is 25.0 Å². The monoisotopic (exact) mass is 391 g/mol. The summed E-state index contributed by atoms with van der Waals surface area (Å²) in [5.41, 5.74) is 2.58. The van der Waals surface area contributed by atoms with E-state index < -0.39 is 0 Å². The minimum atomic E-state index is -0.244. The van der Waals surface area contributed by atoms with Gasteiger partial charge >= 0.3 is 0 Å². The Balaban J connectivity index is 1.71. The lowest BCUT2D eigenvalue weighted by molar-refractivity contribution is -0.140. The molecular weight excluding hydrogens is 366 g/mol. The Morgan fingerprint density at radius 3 is 3.04 bits per heavy atom. The molecule has 0 spiro atoms. The summed E-state index contributed by atoms with van der Waals surface area (Å²) in [5.74, 6) is 0.0807. The number of nitrogens with one attached hydrogen (secondary N) is 1. The highest BCUT2D eigenvalue weighted by Gasteiger charge is 2.26. The molecule has 0 aliphatic carbocycles. The van der Waals surface area contributed by atoms with Crippen LogP contribution in [0.2, 0.25) is 0 Å². The van der Waals surface area contributed by atoms with Crippen molar-refractivity contribution >= 4 is 28.1 Å². The fourth-order valence-electron chi connectivity index (χ4n) is 2.90. The highest BCUT2D eigenvalue weighted by molar-refractivity contribution is 7.15. The van der Waals surface area contributed by atoms with Crippen LogP contribution in [0.25, 0.3) is 0 Å². The quantitative estimate of drug-likeness (QED) is 0.775. The molecule has 27 heavy (non-hydrogen) atoms. The average molecular weight is 391 g/mol. The predicted molar refractivity (Wildman–Crippen MR) is 103 cm³/mol. The number of hydrogen-bond donors (Lipinski definition) is 1. The number of carbonyl (C=O) groups excluding carboxylic acids is 1. The lowest BCUT2D eigenvalue weighted by atomic mass is 10.1. The molecule has 2 aromatic heterocycles. The molecule has 146 valence electrons. The summed E-state index contributed by atoms with van der Waals surface area (Å²) in [7, 11) is 1.60. The van der Waals surface area contributed by atoms with Gasteiger partial charge in [-0.2, -0.15) is 0 Å². The first kappa shape index (κ1) is 19.7. The van der Waals surface area contributed by atoms with Crippen molar-refractivity contribution in [2.24, 2.45) is 0 Å². The van der Waals surface area contributed by atoms with Gasteiger partial charge in [-0.3, -0.25) is 9.78 Å². The molecule has 3 rings (SSSR count). The van der Waals surface area contributed by atoms with Crippen molar-refractivity contribution in [3.05, 3.63) is 28.5 Å². The summed E-state index contributed by atoms with van der Waals surface area (Å²) in [5, 5.41) is 13.3. The van der Waals surface area contributed by atoms with E-state index in [1.807, 2.05) is 24.0 Å². The molecule has 2 aromatic rings. The van der Waals surface area contributed by atoms with Crippen molar-refractivity contribution in [2.45, 2.75) is 32.8 Å². The maximum atomic E-state index is 12.3. The number of morpholine rings is 1. The third kappa shape index (κ3) is 5.21. The van der Waals surface area contributed by atoms with Gasteiger partial charge in [0.2, 0.25) is 11.0 Å². The Kier molecular flexibility index (Phi) is 6.70. The number of rotatable bonds is 7. The van der Waals surface area contributed by atoms with E-state index in [1.54, 1.807) is 7.11 Å². The molecule has 1 N–H and O–H groups in total. The number of amides is 1. The molecule has 1 saturated heterocycles. The van der Waals surface area contributed by atoms with Gasteiger partial charge in [0.25, 0.3) is 0 Å². The Morgan fingerprint density at radius 2 is 2.30 bits per heavy atom. The van der Waals surface area contributed by atoms with Crippen molar-refractivity contribution in [1.82, 2.24) is 20.1 Å². The van der Waals surface area contributed by atoms with Crippen LogP contribution in [0.5, 0.6) is 0 Å². The van der Waals surface area contributed by atoms with Crippen LogP contribution in [0.3, 0.4) is 0 Å². The van der Waals surface area contributed by atoms with Crippen LogP contribution in [0, 0.1) is 6.92 Å². The second kappa shape index (κ2) is 9.20. The fraction of sp³-hybridized carbons (Fsp3) is 0.556. The van der Waals surface area contributed by atoms with Crippen molar-refractivity contribution < 1.29 is 14.3 Å². The molecule has 1 aliphatic heterocycles. The first-order valence-corrected chi connectivity index (χ1v) is 9.87. The number of hydrogen-bond acceptors (Lipinski definition) is 8. The number of carbonyl (C=O) groups is 1. The summed E-state index contributed by atoms with van der Waals surface area (Å²) in [6.45, 7) is 6.02. The topological polar surface area (TPSA) is 89.5 Å². The second-order valence-corrected chi connectivity index (χ2v) is 7.41. The summed E-state index contributed by atoms with van der Waals surface area (Å²) in [6, 6.07) is 3.91. The molecule has 8 nitrogen and oxygen atoms in total. The van der Waals surface area contributed by atoms with E-state index in [9.17, 15) is 4.79 Å². The van der Waals surface area contributed by atoms with E-state index in [0.717, 1.165) is 33.6 Å². The standard InChI is InChI=1S/C18H25N5O3S/c1-4-16-21-22-18(27-16)20-13-9-12(2)19-14(10-13)15-11-23(6-8-26-15)17(24)5-7-25-3/h9-10,15H,4-8,11H2,1-3H3,(H,19,20,22). The fourth-order valence-corrected chi connectivity index (χ4v) is 3.60. The summed E-state index contributed by atoms with van der Waals surface area (Å²) in [6.07, 6.45) is 1.00. The Morgan fingerprint density at radius 1 is 1.44 bits per heavy atom. The Bertz CT molecular complexity index is 782. The first-order chi connectivity index (χ1) is 13.1. The molecule has 9 heteroatoms. The molecule has 0 aromatic carbocycles. The van der Waals surface area contributed by atoms with Crippen LogP contribution < -0.4 is 5.32 Å². The minimum absolute atomic E-state index is 0.0807. The van der Waals surface area contributed by atoms with Gasteiger partial charge < -0.3 is 19.7 Å². The molecule has 0 saturated carbocycles. The molecule has 0 bridgehead atoms. The Labute approximate surface area is 162 Å². The van der Waals surface area contributed by atoms with E-state index in [1.165, 1.54) is 11.3 Å². The number of aryl methyl sites for hydroxylation is 2. The van der Waals surface area contributed by atoms with Crippen LogP contribution in [-0.4, -0.2) is 59.4 Å². The predicted octanol–water partition coefficient (Wildman–Crippen LogP) is 2.48. The zero-order valence-corrected chi connectivity index (χ0v) is 16.7. The van der Waals surface area contributed by atoms with Crippen LogP contribution in [-0.2, 0) is 20.7 Å². The van der Waals surface area contributed by atoms with Crippen molar-refractivity contribution in [3.8, 4) is 0 Å². The summed E-state index contributed by atoms with van der Waals surface area (Å²) >= 11 is 1.54. The SMILES string of the molecule is CCc1nnc(Nc2cc(C)nc(C3CN(C(=O)CCOC)CCO3)c2)s1. The third-order valence-electron chi connectivity index (χ3n) is 4.26. The van der Waals surface area contributed by atoms with E-state index in [2.05, 4.69) is 27.4 Å². The van der Waals surface area contributed by atoms with Crippen molar-refractivity contribution in [3.63, 3.8) is 0 Å². The average Bonchev–Trinajstić information content (AvgIpc) is 3.13. The summed E-state index contributed by atoms with van der Waals surface area (Å²) < 4.78 is 10.9. The van der Waals surface area contributed by atoms with Gasteiger partial charge in [0.15, 0.2) is 0 Å². The highest BCUT2D eigenvalue weighted by atomic mass is 32.1. The van der Waals surface area contributed by atoms with Crippen LogP contribution in [0.15, 0.2) is 12.1 Å². The number of ether oxygens (including phenoxy) is 2. The first-order valence-electron chi connectivity index (χ1n) is 9.05. The number of pyridine rings is 1. The number of anilines is 2. The third-order valence-corrected chi connectivity index (χ3v) is 5.25. The van der Waals surface area contributed by atoms with E-state index >= 15 is 0 Å². The van der Waals surface area contributed by atoms with Crippen LogP contribution >= 0.6 is 11.3 Å². The van der Waals surface area contributed by atoms with Gasteiger partial charge in [-0.1, -0.05) is 18.3 Å². The molecule has 1 amide bonds. The minimum Gasteiger partial charge on any atom is -0.384 e. The van der Waals surface area contributed by atoms with E-state index in [-0.39, 0.29) is 12.0 Å². The zero-order valence-electron chi connectivity index (χ0n) is 15.9. The van der Waals surface area contributed by atoms with Gasteiger partial charge in [-0.15, -0.1) is 10.2 Å². The van der Waals surface area contributed by atoms with Gasteiger partial charge in [0.05, 0.1) is 31.9 Å². The normalized spacial score (nSPS) is 17.1. The molecule has 1 unspecified atom stereocenters. The maximum absolute atomic E-state index is 12.3. The largest absolute Gasteiger partial charge is 0.384 e. The zero-order chi connectivity index (χ0) is 19.2. The molecule has 1 fully saturated rings. The maximum Gasteiger partial charge on any atom is 0.225 e.